The zero-order valence-electron chi connectivity index (χ0n) is 13.0. The fourth-order valence-corrected chi connectivity index (χ4v) is 2.61. The van der Waals surface area contributed by atoms with E-state index in [4.69, 9.17) is 0 Å². The van der Waals surface area contributed by atoms with Gasteiger partial charge in [-0.1, -0.05) is 50.6 Å². The Hall–Kier alpha value is -1.68. The van der Waals surface area contributed by atoms with Crippen LogP contribution < -0.4 is 5.43 Å². The van der Waals surface area contributed by atoms with Crippen molar-refractivity contribution in [2.24, 2.45) is 11.0 Å². The monoisotopic (exact) mass is 287 g/mol. The van der Waals surface area contributed by atoms with Gasteiger partial charge in [-0.25, -0.2) is 5.43 Å². The van der Waals surface area contributed by atoms with E-state index in [0.29, 0.717) is 6.54 Å². The van der Waals surface area contributed by atoms with Gasteiger partial charge in [-0.15, -0.1) is 0 Å². The first-order valence-corrected chi connectivity index (χ1v) is 7.81. The van der Waals surface area contributed by atoms with Gasteiger partial charge in [0.2, 0.25) is 0 Å². The summed E-state index contributed by atoms with van der Waals surface area (Å²) in [5, 5.41) is 4.35. The molecule has 0 aromatic heterocycles. The molecule has 114 valence electrons. The summed E-state index contributed by atoms with van der Waals surface area (Å²) in [7, 11) is 0. The van der Waals surface area contributed by atoms with Gasteiger partial charge in [0, 0.05) is 0 Å². The van der Waals surface area contributed by atoms with E-state index in [2.05, 4.69) is 29.3 Å². The van der Waals surface area contributed by atoms with E-state index in [9.17, 15) is 4.79 Å². The molecule has 1 aliphatic heterocycles. The lowest BCUT2D eigenvalue weighted by Crippen LogP contribution is -2.38. The molecular formula is C17H25N3O. The van der Waals surface area contributed by atoms with Crippen LogP contribution in [0.1, 0.15) is 38.7 Å². The fourth-order valence-electron chi connectivity index (χ4n) is 2.61. The molecule has 4 nitrogen and oxygen atoms in total. The van der Waals surface area contributed by atoms with E-state index in [1.165, 1.54) is 19.3 Å². The Bertz CT molecular complexity index is 476. The van der Waals surface area contributed by atoms with Crippen LogP contribution in [0.3, 0.4) is 0 Å². The van der Waals surface area contributed by atoms with Gasteiger partial charge in [0.15, 0.2) is 0 Å². The first kappa shape index (κ1) is 15.7. The van der Waals surface area contributed by atoms with Gasteiger partial charge < -0.3 is 0 Å². The third-order valence-electron chi connectivity index (χ3n) is 3.73. The van der Waals surface area contributed by atoms with Gasteiger partial charge in [-0.3, -0.25) is 9.69 Å². The molecule has 0 aliphatic carbocycles. The molecule has 1 aromatic carbocycles. The zero-order valence-corrected chi connectivity index (χ0v) is 13.0. The van der Waals surface area contributed by atoms with Crippen molar-refractivity contribution in [3.05, 3.63) is 35.9 Å². The summed E-state index contributed by atoms with van der Waals surface area (Å²) in [6.45, 7) is 6.66. The first-order chi connectivity index (χ1) is 10.2. The van der Waals surface area contributed by atoms with Crippen molar-refractivity contribution in [1.82, 2.24) is 10.3 Å². The third kappa shape index (κ3) is 4.97. The van der Waals surface area contributed by atoms with Gasteiger partial charge in [0.1, 0.15) is 0 Å². The topological polar surface area (TPSA) is 44.7 Å². The second kappa shape index (κ2) is 7.93. The molecule has 1 heterocycles. The Morgan fingerprint density at radius 2 is 1.86 bits per heavy atom. The molecule has 1 amide bonds. The summed E-state index contributed by atoms with van der Waals surface area (Å²) >= 11 is 0. The number of nitrogens with one attached hydrogen (secondary N) is 1. The molecule has 0 unspecified atom stereocenters. The van der Waals surface area contributed by atoms with Crippen LogP contribution in [0, 0.1) is 5.92 Å². The smallest absolute Gasteiger partial charge is 0.254 e. The van der Waals surface area contributed by atoms with Crippen LogP contribution in [-0.2, 0) is 4.79 Å². The molecule has 1 saturated heterocycles. The summed E-state index contributed by atoms with van der Waals surface area (Å²) < 4.78 is 0. The number of benzene rings is 1. The van der Waals surface area contributed by atoms with E-state index >= 15 is 0 Å². The van der Waals surface area contributed by atoms with Crippen LogP contribution >= 0.6 is 0 Å². The highest BCUT2D eigenvalue weighted by Gasteiger charge is 2.14. The number of piperidine rings is 1. The van der Waals surface area contributed by atoms with Crippen LogP contribution in [-0.4, -0.2) is 36.2 Å². The zero-order chi connectivity index (χ0) is 15.1. The minimum absolute atomic E-state index is 0.0222. The average Bonchev–Trinajstić information content (AvgIpc) is 2.49. The highest BCUT2D eigenvalue weighted by molar-refractivity contribution is 6.02. The predicted octanol–water partition coefficient (Wildman–Crippen LogP) is 2.65. The second-order valence-corrected chi connectivity index (χ2v) is 5.89. The Balaban J connectivity index is 1.94. The van der Waals surface area contributed by atoms with Gasteiger partial charge in [-0.05, 0) is 37.4 Å². The van der Waals surface area contributed by atoms with Crippen LogP contribution in [0.25, 0.3) is 0 Å². The molecule has 1 aliphatic rings. The Kier molecular flexibility index (Phi) is 5.93. The number of hydrogen-bond acceptors (Lipinski definition) is 3. The molecule has 2 rings (SSSR count). The Morgan fingerprint density at radius 3 is 2.48 bits per heavy atom. The molecule has 21 heavy (non-hydrogen) atoms. The molecule has 0 spiro atoms. The van der Waals surface area contributed by atoms with E-state index in [1.54, 1.807) is 0 Å². The van der Waals surface area contributed by atoms with E-state index in [0.717, 1.165) is 24.4 Å². The highest BCUT2D eigenvalue weighted by Crippen LogP contribution is 2.09. The van der Waals surface area contributed by atoms with E-state index in [-0.39, 0.29) is 11.8 Å². The molecule has 0 bridgehead atoms. The summed E-state index contributed by atoms with van der Waals surface area (Å²) in [5.74, 6) is 0.244. The normalized spacial score (nSPS) is 17.0. The maximum absolute atomic E-state index is 12.0. The van der Waals surface area contributed by atoms with Crippen LogP contribution in [0.4, 0.5) is 0 Å². The predicted molar refractivity (Wildman–Crippen MR) is 86.3 cm³/mol. The molecular weight excluding hydrogens is 262 g/mol. The average molecular weight is 287 g/mol. The van der Waals surface area contributed by atoms with Crippen LogP contribution in [0.15, 0.2) is 35.4 Å². The Labute approximate surface area is 127 Å². The maximum Gasteiger partial charge on any atom is 0.254 e. The van der Waals surface area contributed by atoms with Crippen molar-refractivity contribution < 1.29 is 4.79 Å². The van der Waals surface area contributed by atoms with Crippen molar-refractivity contribution >= 4 is 11.6 Å². The molecule has 0 radical (unpaired) electrons. The number of carbonyl (C=O) groups is 1. The third-order valence-corrected chi connectivity index (χ3v) is 3.73. The summed E-state index contributed by atoms with van der Waals surface area (Å²) in [6, 6.07) is 10.0. The molecule has 1 N–H and O–H groups in total. The molecule has 4 heteroatoms. The number of nitrogens with zero attached hydrogens (tertiary/aromatic N) is 2. The largest absolute Gasteiger partial charge is 0.294 e. The maximum atomic E-state index is 12.0. The minimum atomic E-state index is -0.0222. The van der Waals surface area contributed by atoms with Crippen molar-refractivity contribution in [2.75, 3.05) is 19.6 Å². The number of hydrazone groups is 1. The summed E-state index contributed by atoms with van der Waals surface area (Å²) in [6.07, 6.45) is 3.66. The Morgan fingerprint density at radius 1 is 1.19 bits per heavy atom. The van der Waals surface area contributed by atoms with Crippen molar-refractivity contribution in [3.8, 4) is 0 Å². The molecule has 0 saturated carbocycles. The quantitative estimate of drug-likeness (QED) is 0.668. The minimum Gasteiger partial charge on any atom is -0.294 e. The van der Waals surface area contributed by atoms with Gasteiger partial charge in [0.05, 0.1) is 12.3 Å². The van der Waals surface area contributed by atoms with Gasteiger partial charge in [-0.2, -0.15) is 5.10 Å². The SMILES string of the molecule is CC(C)/C(=N\NC(=O)CN1CCCCC1)c1ccccc1. The van der Waals surface area contributed by atoms with Crippen molar-refractivity contribution in [1.29, 1.82) is 0 Å². The molecule has 0 atom stereocenters. The number of amides is 1. The van der Waals surface area contributed by atoms with Crippen molar-refractivity contribution in [2.45, 2.75) is 33.1 Å². The van der Waals surface area contributed by atoms with E-state index in [1.807, 2.05) is 30.3 Å². The number of carbonyl (C=O) groups excluding carboxylic acids is 1. The van der Waals surface area contributed by atoms with E-state index < -0.39 is 0 Å². The lowest BCUT2D eigenvalue weighted by Gasteiger charge is -2.25. The van der Waals surface area contributed by atoms with Crippen LogP contribution in [0.5, 0.6) is 0 Å². The molecule has 1 aromatic rings. The lowest BCUT2D eigenvalue weighted by atomic mass is 10.0. The first-order valence-electron chi connectivity index (χ1n) is 7.81. The van der Waals surface area contributed by atoms with Gasteiger partial charge in [0.25, 0.3) is 5.91 Å². The highest BCUT2D eigenvalue weighted by atomic mass is 16.2. The lowest BCUT2D eigenvalue weighted by molar-refractivity contribution is -0.122. The summed E-state index contributed by atoms with van der Waals surface area (Å²) in [5.41, 5.74) is 4.70. The standard InChI is InChI=1S/C17H25N3O/c1-14(2)17(15-9-5-3-6-10-15)19-18-16(21)13-20-11-7-4-8-12-20/h3,5-6,9-10,14H,4,7-8,11-13H2,1-2H3,(H,18,21)/b19-17+. The van der Waals surface area contributed by atoms with Crippen molar-refractivity contribution in [3.63, 3.8) is 0 Å². The second-order valence-electron chi connectivity index (χ2n) is 5.89. The molecule has 1 fully saturated rings. The number of hydrogen-bond donors (Lipinski definition) is 1. The number of likely N-dealkylation sites (tertiary alicyclic amines) is 1. The van der Waals surface area contributed by atoms with Gasteiger partial charge >= 0.3 is 0 Å². The number of rotatable bonds is 5. The van der Waals surface area contributed by atoms with Crippen LogP contribution in [0.2, 0.25) is 0 Å². The summed E-state index contributed by atoms with van der Waals surface area (Å²) in [4.78, 5) is 14.2. The fraction of sp³-hybridized carbons (Fsp3) is 0.529.